The highest BCUT2D eigenvalue weighted by atomic mass is 35.5. The highest BCUT2D eigenvalue weighted by Crippen LogP contribution is 2.26. The number of benzene rings is 2. The van der Waals surface area contributed by atoms with Crippen molar-refractivity contribution in [1.29, 1.82) is 0 Å². The summed E-state index contributed by atoms with van der Waals surface area (Å²) in [7, 11) is -1.08. The smallest absolute Gasteiger partial charge is 0.343 e. The number of halogens is 1. The number of rotatable bonds is 6. The van der Waals surface area contributed by atoms with Crippen molar-refractivity contribution in [2.45, 2.75) is 4.90 Å². The molecular formula is C20H17ClN2O5S2. The van der Waals surface area contributed by atoms with E-state index in [2.05, 4.69) is 5.32 Å². The number of hydrogen-bond donors (Lipinski definition) is 1. The van der Waals surface area contributed by atoms with Crippen LogP contribution in [0.1, 0.15) is 20.0 Å². The van der Waals surface area contributed by atoms with Crippen molar-refractivity contribution in [1.82, 2.24) is 4.31 Å². The molecule has 1 heterocycles. The summed E-state index contributed by atoms with van der Waals surface area (Å²) in [5.74, 6) is -0.733. The van der Waals surface area contributed by atoms with E-state index in [9.17, 15) is 18.0 Å². The van der Waals surface area contributed by atoms with E-state index in [1.807, 2.05) is 5.38 Å². The quantitative estimate of drug-likeness (QED) is 0.437. The molecule has 10 heteroatoms. The molecule has 0 fully saturated rings. The maximum absolute atomic E-state index is 12.5. The molecule has 30 heavy (non-hydrogen) atoms. The van der Waals surface area contributed by atoms with Gasteiger partial charge in [0.25, 0.3) is 5.91 Å². The van der Waals surface area contributed by atoms with Crippen molar-refractivity contribution in [3.05, 3.63) is 75.4 Å². The van der Waals surface area contributed by atoms with E-state index in [1.54, 1.807) is 24.3 Å². The molecule has 0 aliphatic carbocycles. The van der Waals surface area contributed by atoms with Crippen molar-refractivity contribution in [3.8, 4) is 5.75 Å². The minimum atomic E-state index is -3.82. The highest BCUT2D eigenvalue weighted by Gasteiger charge is 2.23. The number of carbonyl (C=O) groups is 2. The summed E-state index contributed by atoms with van der Waals surface area (Å²) in [6.45, 7) is 0. The monoisotopic (exact) mass is 464 g/mol. The predicted octanol–water partition coefficient (Wildman–Crippen LogP) is 4.12. The molecule has 0 atom stereocenters. The van der Waals surface area contributed by atoms with Crippen LogP contribution in [0.3, 0.4) is 0 Å². The van der Waals surface area contributed by atoms with Crippen LogP contribution < -0.4 is 10.1 Å². The lowest BCUT2D eigenvalue weighted by Crippen LogP contribution is -2.23. The van der Waals surface area contributed by atoms with Crippen molar-refractivity contribution < 1.29 is 22.7 Å². The number of esters is 1. The Hall–Kier alpha value is -2.72. The van der Waals surface area contributed by atoms with Gasteiger partial charge in [0.2, 0.25) is 10.0 Å². The molecule has 2 aromatic carbocycles. The van der Waals surface area contributed by atoms with Crippen LogP contribution in [0.5, 0.6) is 5.75 Å². The molecule has 0 bridgehead atoms. The van der Waals surface area contributed by atoms with E-state index in [-0.39, 0.29) is 27.1 Å². The van der Waals surface area contributed by atoms with Crippen LogP contribution >= 0.6 is 22.9 Å². The number of hydrogen-bond acceptors (Lipinski definition) is 6. The molecule has 0 unspecified atom stereocenters. The van der Waals surface area contributed by atoms with Gasteiger partial charge in [0, 0.05) is 19.8 Å². The highest BCUT2D eigenvalue weighted by molar-refractivity contribution is 7.89. The van der Waals surface area contributed by atoms with Crippen molar-refractivity contribution in [3.63, 3.8) is 0 Å². The summed E-state index contributed by atoms with van der Waals surface area (Å²) in [6, 6.07) is 13.6. The van der Waals surface area contributed by atoms with Gasteiger partial charge in [0.15, 0.2) is 0 Å². The van der Waals surface area contributed by atoms with Gasteiger partial charge >= 0.3 is 5.97 Å². The molecule has 1 aromatic heterocycles. The van der Waals surface area contributed by atoms with Crippen LogP contribution in [0.15, 0.2) is 64.9 Å². The van der Waals surface area contributed by atoms with Gasteiger partial charge in [0.1, 0.15) is 10.6 Å². The molecule has 0 spiro atoms. The zero-order valence-electron chi connectivity index (χ0n) is 16.0. The zero-order chi connectivity index (χ0) is 21.9. The Balaban J connectivity index is 1.73. The Labute approximate surface area is 182 Å². The fraction of sp³-hybridized carbons (Fsp3) is 0.100. The normalized spacial score (nSPS) is 11.3. The summed E-state index contributed by atoms with van der Waals surface area (Å²) in [6.07, 6.45) is 0. The van der Waals surface area contributed by atoms with E-state index in [4.69, 9.17) is 16.3 Å². The zero-order valence-corrected chi connectivity index (χ0v) is 18.3. The van der Waals surface area contributed by atoms with E-state index in [1.165, 1.54) is 55.8 Å². The van der Waals surface area contributed by atoms with Gasteiger partial charge in [-0.15, -0.1) is 11.3 Å². The first-order valence-electron chi connectivity index (χ1n) is 8.57. The van der Waals surface area contributed by atoms with E-state index < -0.39 is 16.0 Å². The number of ether oxygens (including phenoxy) is 1. The third kappa shape index (κ3) is 4.88. The summed E-state index contributed by atoms with van der Waals surface area (Å²) in [5, 5.41) is 4.56. The van der Waals surface area contributed by atoms with E-state index in [0.29, 0.717) is 10.6 Å². The number of anilines is 1. The van der Waals surface area contributed by atoms with Crippen molar-refractivity contribution in [2.24, 2.45) is 0 Å². The number of thiophene rings is 1. The second kappa shape index (κ2) is 8.97. The molecule has 156 valence electrons. The molecule has 3 aromatic rings. The minimum absolute atomic E-state index is 0.00563. The van der Waals surface area contributed by atoms with Crippen LogP contribution in [-0.2, 0) is 10.0 Å². The van der Waals surface area contributed by atoms with Crippen molar-refractivity contribution >= 4 is 50.5 Å². The number of amides is 1. The maximum atomic E-state index is 12.5. The van der Waals surface area contributed by atoms with Crippen molar-refractivity contribution in [2.75, 3.05) is 19.4 Å². The maximum Gasteiger partial charge on any atom is 0.343 e. The van der Waals surface area contributed by atoms with Crippen LogP contribution in [0.25, 0.3) is 0 Å². The Kier molecular flexibility index (Phi) is 6.57. The molecule has 3 rings (SSSR count). The number of nitrogens with zero attached hydrogens (tertiary/aromatic N) is 1. The first kappa shape index (κ1) is 22.0. The summed E-state index contributed by atoms with van der Waals surface area (Å²) in [5.41, 5.74) is 0.578. The number of carbonyl (C=O) groups excluding carboxylic acids is 2. The van der Waals surface area contributed by atoms with Gasteiger partial charge < -0.3 is 10.1 Å². The first-order valence-corrected chi connectivity index (χ1v) is 11.3. The molecule has 0 saturated carbocycles. The third-order valence-electron chi connectivity index (χ3n) is 3.99. The largest absolute Gasteiger partial charge is 0.423 e. The average molecular weight is 465 g/mol. The standard InChI is InChI=1S/C20H17ClN2O5S2/c1-23(2)30(26,27)18-12-13(5-10-16(18)21)20(25)28-15-8-6-14(7-9-15)22-19(24)17-4-3-11-29-17/h3-12H,1-2H3,(H,22,24). The molecule has 0 radical (unpaired) electrons. The molecule has 0 aliphatic heterocycles. The second-order valence-electron chi connectivity index (χ2n) is 6.28. The van der Waals surface area contributed by atoms with E-state index >= 15 is 0 Å². The summed E-state index contributed by atoms with van der Waals surface area (Å²) in [4.78, 5) is 24.9. The first-order chi connectivity index (χ1) is 14.2. The second-order valence-corrected chi connectivity index (χ2v) is 9.75. The predicted molar refractivity (Wildman–Crippen MR) is 116 cm³/mol. The molecule has 7 nitrogen and oxygen atoms in total. The summed E-state index contributed by atoms with van der Waals surface area (Å²) < 4.78 is 31.0. The lowest BCUT2D eigenvalue weighted by molar-refractivity contribution is 0.0734. The minimum Gasteiger partial charge on any atom is -0.423 e. The molecule has 1 amide bonds. The Morgan fingerprint density at radius 2 is 1.77 bits per heavy atom. The fourth-order valence-corrected chi connectivity index (χ4v) is 4.41. The Bertz CT molecular complexity index is 1170. The van der Waals surface area contributed by atoms with Gasteiger partial charge in [-0.3, -0.25) is 4.79 Å². The van der Waals surface area contributed by atoms with Gasteiger partial charge in [-0.2, -0.15) is 0 Å². The SMILES string of the molecule is CN(C)S(=O)(=O)c1cc(C(=O)Oc2ccc(NC(=O)c3cccs3)cc2)ccc1Cl. The van der Waals surface area contributed by atoms with Crippen LogP contribution in [0.4, 0.5) is 5.69 Å². The van der Waals surface area contributed by atoms with Gasteiger partial charge in [-0.05, 0) is 53.9 Å². The topological polar surface area (TPSA) is 92.8 Å². The Morgan fingerprint density at radius 3 is 2.37 bits per heavy atom. The van der Waals surface area contributed by atoms with Crippen LogP contribution in [0, 0.1) is 0 Å². The van der Waals surface area contributed by atoms with Crippen LogP contribution in [-0.4, -0.2) is 38.7 Å². The fourth-order valence-electron chi connectivity index (χ4n) is 2.40. The molecule has 0 saturated heterocycles. The number of sulfonamides is 1. The molecule has 0 aliphatic rings. The van der Waals surface area contributed by atoms with Gasteiger partial charge in [-0.1, -0.05) is 17.7 Å². The summed E-state index contributed by atoms with van der Waals surface area (Å²) >= 11 is 7.32. The van der Waals surface area contributed by atoms with E-state index in [0.717, 1.165) is 4.31 Å². The lowest BCUT2D eigenvalue weighted by atomic mass is 10.2. The third-order valence-corrected chi connectivity index (χ3v) is 7.16. The van der Waals surface area contributed by atoms with Crippen LogP contribution in [0.2, 0.25) is 5.02 Å². The Morgan fingerprint density at radius 1 is 1.07 bits per heavy atom. The average Bonchev–Trinajstić information content (AvgIpc) is 3.24. The molecular weight excluding hydrogens is 448 g/mol. The number of nitrogens with one attached hydrogen (secondary N) is 1. The van der Waals surface area contributed by atoms with Gasteiger partial charge in [-0.25, -0.2) is 17.5 Å². The van der Waals surface area contributed by atoms with Gasteiger partial charge in [0.05, 0.1) is 15.5 Å². The lowest BCUT2D eigenvalue weighted by Gasteiger charge is -2.13. The molecule has 1 N–H and O–H groups in total.